The van der Waals surface area contributed by atoms with Crippen LogP contribution in [0.15, 0.2) is 24.3 Å². The van der Waals surface area contributed by atoms with Gasteiger partial charge in [-0.1, -0.05) is 56.9 Å². The molecule has 0 heterocycles. The first-order chi connectivity index (χ1) is 6.41. The Labute approximate surface area is 83.7 Å². The monoisotopic (exact) mass is 180 g/mol. The molecular formula is C13H24. The Morgan fingerprint density at radius 3 is 2.31 bits per heavy atom. The van der Waals surface area contributed by atoms with E-state index in [4.69, 9.17) is 0 Å². The van der Waals surface area contributed by atoms with Gasteiger partial charge in [0.15, 0.2) is 0 Å². The van der Waals surface area contributed by atoms with Crippen molar-refractivity contribution in [2.24, 2.45) is 0 Å². The number of unbranched alkanes of at least 4 members (excludes halogenated alkanes) is 5. The molecule has 0 aromatic heterocycles. The van der Waals surface area contributed by atoms with E-state index < -0.39 is 0 Å². The molecule has 0 aliphatic carbocycles. The highest BCUT2D eigenvalue weighted by Crippen LogP contribution is 2.05. The van der Waals surface area contributed by atoms with Crippen molar-refractivity contribution in [3.63, 3.8) is 0 Å². The third-order valence-corrected chi connectivity index (χ3v) is 2.15. The first-order valence-corrected chi connectivity index (χ1v) is 5.68. The Morgan fingerprint density at radius 2 is 1.62 bits per heavy atom. The van der Waals surface area contributed by atoms with Crippen LogP contribution in [0, 0.1) is 0 Å². The van der Waals surface area contributed by atoms with Crippen LogP contribution in [-0.2, 0) is 0 Å². The number of rotatable bonds is 8. The van der Waals surface area contributed by atoms with Crippen LogP contribution >= 0.6 is 0 Å². The Balaban J connectivity index is 3.02. The van der Waals surface area contributed by atoms with Gasteiger partial charge in [0.1, 0.15) is 0 Å². The Bertz CT molecular complexity index is 131. The normalized spacial score (nSPS) is 11.8. The van der Waals surface area contributed by atoms with Crippen molar-refractivity contribution in [3.8, 4) is 0 Å². The van der Waals surface area contributed by atoms with Crippen molar-refractivity contribution in [3.05, 3.63) is 24.3 Å². The van der Waals surface area contributed by atoms with Crippen molar-refractivity contribution in [1.82, 2.24) is 0 Å². The molecule has 0 heteroatoms. The zero-order chi connectivity index (χ0) is 9.78. The molecule has 13 heavy (non-hydrogen) atoms. The van der Waals surface area contributed by atoms with Gasteiger partial charge in [-0.2, -0.15) is 0 Å². The summed E-state index contributed by atoms with van der Waals surface area (Å²) in [6, 6.07) is 0. The lowest BCUT2D eigenvalue weighted by Gasteiger charge is -1.95. The Hall–Kier alpha value is -0.520. The van der Waals surface area contributed by atoms with Crippen molar-refractivity contribution >= 4 is 0 Å². The van der Waals surface area contributed by atoms with E-state index in [-0.39, 0.29) is 0 Å². The molecule has 0 fully saturated rings. The second-order valence-corrected chi connectivity index (χ2v) is 3.48. The van der Waals surface area contributed by atoms with Crippen molar-refractivity contribution < 1.29 is 0 Å². The maximum absolute atomic E-state index is 2.31. The SMILES string of the molecule is C/C=C/C/C=C/CCCCCCC. The molecule has 0 spiro atoms. The largest absolute Gasteiger partial charge is 0.0914 e. The Morgan fingerprint density at radius 1 is 0.846 bits per heavy atom. The van der Waals surface area contributed by atoms with Gasteiger partial charge < -0.3 is 0 Å². The molecule has 0 saturated carbocycles. The van der Waals surface area contributed by atoms with Crippen LogP contribution in [0.3, 0.4) is 0 Å². The average Bonchev–Trinajstić information content (AvgIpc) is 2.16. The molecular weight excluding hydrogens is 156 g/mol. The quantitative estimate of drug-likeness (QED) is 0.369. The van der Waals surface area contributed by atoms with Crippen LogP contribution in [0.2, 0.25) is 0 Å². The molecule has 0 atom stereocenters. The lowest BCUT2D eigenvalue weighted by atomic mass is 10.1. The van der Waals surface area contributed by atoms with Crippen molar-refractivity contribution in [2.45, 2.75) is 58.8 Å². The van der Waals surface area contributed by atoms with E-state index in [2.05, 4.69) is 38.2 Å². The highest BCUT2D eigenvalue weighted by Gasteiger charge is 1.85. The van der Waals surface area contributed by atoms with E-state index >= 15 is 0 Å². The van der Waals surface area contributed by atoms with Crippen molar-refractivity contribution in [2.75, 3.05) is 0 Å². The molecule has 0 radical (unpaired) electrons. The van der Waals surface area contributed by atoms with E-state index in [0.717, 1.165) is 6.42 Å². The summed E-state index contributed by atoms with van der Waals surface area (Å²) in [5, 5.41) is 0. The van der Waals surface area contributed by atoms with E-state index in [1.165, 1.54) is 38.5 Å². The zero-order valence-electron chi connectivity index (χ0n) is 9.26. The molecule has 0 saturated heterocycles. The minimum atomic E-state index is 1.10. The number of hydrogen-bond donors (Lipinski definition) is 0. The van der Waals surface area contributed by atoms with Gasteiger partial charge in [0.2, 0.25) is 0 Å². The molecule has 0 aromatic rings. The molecule has 0 N–H and O–H groups in total. The number of hydrogen-bond acceptors (Lipinski definition) is 0. The average molecular weight is 180 g/mol. The fourth-order valence-corrected chi connectivity index (χ4v) is 1.29. The second-order valence-electron chi connectivity index (χ2n) is 3.48. The molecule has 0 aromatic carbocycles. The smallest absolute Gasteiger partial charge is 0.0169 e. The highest BCUT2D eigenvalue weighted by atomic mass is 13.9. The molecule has 0 rings (SSSR count). The molecule has 0 nitrogen and oxygen atoms in total. The zero-order valence-corrected chi connectivity index (χ0v) is 9.26. The van der Waals surface area contributed by atoms with Crippen molar-refractivity contribution in [1.29, 1.82) is 0 Å². The predicted molar refractivity (Wildman–Crippen MR) is 61.9 cm³/mol. The first-order valence-electron chi connectivity index (χ1n) is 5.68. The fourth-order valence-electron chi connectivity index (χ4n) is 1.29. The molecule has 0 bridgehead atoms. The maximum Gasteiger partial charge on any atom is -0.0169 e. The second kappa shape index (κ2) is 11.5. The fraction of sp³-hybridized carbons (Fsp3) is 0.692. The lowest BCUT2D eigenvalue weighted by Crippen LogP contribution is -1.75. The van der Waals surface area contributed by atoms with Crippen LogP contribution in [0.25, 0.3) is 0 Å². The van der Waals surface area contributed by atoms with Gasteiger partial charge in [0.05, 0.1) is 0 Å². The summed E-state index contributed by atoms with van der Waals surface area (Å²) in [7, 11) is 0. The maximum atomic E-state index is 2.31. The number of allylic oxidation sites excluding steroid dienone is 4. The topological polar surface area (TPSA) is 0 Å². The third-order valence-electron chi connectivity index (χ3n) is 2.15. The summed E-state index contributed by atoms with van der Waals surface area (Å²) in [4.78, 5) is 0. The van der Waals surface area contributed by atoms with Gasteiger partial charge in [-0.3, -0.25) is 0 Å². The molecule has 76 valence electrons. The first kappa shape index (κ1) is 12.5. The van der Waals surface area contributed by atoms with Gasteiger partial charge in [-0.25, -0.2) is 0 Å². The molecule has 0 aliphatic heterocycles. The summed E-state index contributed by atoms with van der Waals surface area (Å²) in [6.45, 7) is 4.33. The molecule has 0 amide bonds. The minimum absolute atomic E-state index is 1.10. The lowest BCUT2D eigenvalue weighted by molar-refractivity contribution is 0.637. The summed E-state index contributed by atoms with van der Waals surface area (Å²) in [6.07, 6.45) is 18.2. The van der Waals surface area contributed by atoms with Crippen LogP contribution in [0.1, 0.15) is 58.8 Å². The predicted octanol–water partition coefficient (Wildman–Crippen LogP) is 4.87. The third kappa shape index (κ3) is 11.5. The van der Waals surface area contributed by atoms with Gasteiger partial charge in [-0.05, 0) is 26.2 Å². The summed E-state index contributed by atoms with van der Waals surface area (Å²) < 4.78 is 0. The van der Waals surface area contributed by atoms with Crippen LogP contribution in [-0.4, -0.2) is 0 Å². The van der Waals surface area contributed by atoms with E-state index in [0.29, 0.717) is 0 Å². The van der Waals surface area contributed by atoms with E-state index in [9.17, 15) is 0 Å². The van der Waals surface area contributed by atoms with E-state index in [1.54, 1.807) is 0 Å². The minimum Gasteiger partial charge on any atom is -0.0914 e. The summed E-state index contributed by atoms with van der Waals surface area (Å²) in [5.41, 5.74) is 0. The summed E-state index contributed by atoms with van der Waals surface area (Å²) >= 11 is 0. The standard InChI is InChI=1S/C13H24/c1-3-5-7-9-11-13-12-10-8-6-4-2/h3,5,9,11H,4,6-8,10,12-13H2,1-2H3/b5-3+,11-9+. The van der Waals surface area contributed by atoms with Crippen LogP contribution in [0.4, 0.5) is 0 Å². The van der Waals surface area contributed by atoms with Gasteiger partial charge in [0, 0.05) is 0 Å². The van der Waals surface area contributed by atoms with Crippen LogP contribution < -0.4 is 0 Å². The van der Waals surface area contributed by atoms with Gasteiger partial charge >= 0.3 is 0 Å². The highest BCUT2D eigenvalue weighted by molar-refractivity contribution is 4.91. The molecule has 0 unspecified atom stereocenters. The van der Waals surface area contributed by atoms with Gasteiger partial charge in [0.25, 0.3) is 0 Å². The Kier molecular flexibility index (Phi) is 11.0. The van der Waals surface area contributed by atoms with Crippen LogP contribution in [0.5, 0.6) is 0 Å². The summed E-state index contributed by atoms with van der Waals surface area (Å²) in [5.74, 6) is 0. The van der Waals surface area contributed by atoms with Gasteiger partial charge in [-0.15, -0.1) is 0 Å². The molecule has 0 aliphatic rings. The van der Waals surface area contributed by atoms with E-state index in [1.807, 2.05) is 0 Å².